The van der Waals surface area contributed by atoms with E-state index in [4.69, 9.17) is 0 Å². The molecule has 0 aliphatic carbocycles. The van der Waals surface area contributed by atoms with Crippen LogP contribution in [0.25, 0.3) is 5.76 Å². The van der Waals surface area contributed by atoms with Crippen molar-refractivity contribution < 1.29 is 31.4 Å². The van der Waals surface area contributed by atoms with Gasteiger partial charge in [-0.1, -0.05) is 0 Å². The van der Waals surface area contributed by atoms with Gasteiger partial charge in [0.1, 0.15) is 5.76 Å². The second-order valence-electron chi connectivity index (χ2n) is 3.47. The first-order valence-electron chi connectivity index (χ1n) is 4.71. The van der Waals surface area contributed by atoms with Crippen molar-refractivity contribution >= 4 is 5.76 Å². The first-order valence-corrected chi connectivity index (χ1v) is 4.71. The van der Waals surface area contributed by atoms with Gasteiger partial charge >= 0.3 is 12.4 Å². The molecule has 0 radical (unpaired) electrons. The summed E-state index contributed by atoms with van der Waals surface area (Å²) in [5, 5.41) is 9.24. The van der Waals surface area contributed by atoms with Crippen LogP contribution in [-0.2, 0) is 12.4 Å². The van der Waals surface area contributed by atoms with Crippen LogP contribution in [-0.4, -0.2) is 5.11 Å². The van der Waals surface area contributed by atoms with Crippen molar-refractivity contribution in [2.75, 3.05) is 0 Å². The van der Waals surface area contributed by atoms with Gasteiger partial charge in [0.05, 0.1) is 11.1 Å². The highest BCUT2D eigenvalue weighted by atomic mass is 19.4. The highest BCUT2D eigenvalue weighted by Crippen LogP contribution is 2.37. The van der Waals surface area contributed by atoms with Crippen LogP contribution in [0.5, 0.6) is 0 Å². The molecule has 0 bridgehead atoms. The van der Waals surface area contributed by atoms with Gasteiger partial charge in [-0.3, -0.25) is 0 Å². The third-order valence-electron chi connectivity index (χ3n) is 2.16. The summed E-state index contributed by atoms with van der Waals surface area (Å²) >= 11 is 0. The summed E-state index contributed by atoms with van der Waals surface area (Å²) in [5.74, 6) is -0.647. The summed E-state index contributed by atoms with van der Waals surface area (Å²) in [7, 11) is 0. The molecule has 0 amide bonds. The van der Waals surface area contributed by atoms with Gasteiger partial charge in [-0.05, 0) is 31.2 Å². The Morgan fingerprint density at radius 3 is 1.61 bits per heavy atom. The van der Waals surface area contributed by atoms with Crippen molar-refractivity contribution in [1.29, 1.82) is 0 Å². The smallest absolute Gasteiger partial charge is 0.416 e. The number of hydrogen-bond donors (Lipinski definition) is 1. The molecule has 0 saturated carbocycles. The maximum Gasteiger partial charge on any atom is 0.416 e. The van der Waals surface area contributed by atoms with Gasteiger partial charge in [0.2, 0.25) is 0 Å². The number of aliphatic hydroxyl groups is 1. The summed E-state index contributed by atoms with van der Waals surface area (Å²) in [6.07, 6.45) is -8.82. The molecule has 1 nitrogen and oxygen atoms in total. The molecule has 100 valence electrons. The van der Waals surface area contributed by atoms with E-state index in [0.717, 1.165) is 6.08 Å². The fourth-order valence-corrected chi connectivity index (χ4v) is 1.27. The van der Waals surface area contributed by atoms with Crippen molar-refractivity contribution in [2.45, 2.75) is 19.3 Å². The zero-order chi connectivity index (χ0) is 14.1. The van der Waals surface area contributed by atoms with Gasteiger partial charge in [-0.25, -0.2) is 0 Å². The van der Waals surface area contributed by atoms with Crippen LogP contribution in [0, 0.1) is 0 Å². The third-order valence-corrected chi connectivity index (χ3v) is 2.16. The van der Waals surface area contributed by atoms with Gasteiger partial charge in [0, 0.05) is 5.56 Å². The normalized spacial score (nSPS) is 13.8. The summed E-state index contributed by atoms with van der Waals surface area (Å²) in [4.78, 5) is 0. The second kappa shape index (κ2) is 4.55. The van der Waals surface area contributed by atoms with Crippen molar-refractivity contribution in [3.8, 4) is 0 Å². The molecule has 0 aliphatic rings. The number of allylic oxidation sites excluding steroid dienone is 1. The van der Waals surface area contributed by atoms with Crippen LogP contribution in [0.4, 0.5) is 26.3 Å². The van der Waals surface area contributed by atoms with E-state index >= 15 is 0 Å². The lowest BCUT2D eigenvalue weighted by atomic mass is 10.0. The topological polar surface area (TPSA) is 20.2 Å². The first-order chi connectivity index (χ1) is 8.05. The number of hydrogen-bond acceptors (Lipinski definition) is 1. The van der Waals surface area contributed by atoms with Crippen LogP contribution in [0.3, 0.4) is 0 Å². The maximum absolute atomic E-state index is 12.4. The van der Waals surface area contributed by atoms with E-state index in [2.05, 4.69) is 0 Å². The van der Waals surface area contributed by atoms with Crippen LogP contribution in [0.2, 0.25) is 0 Å². The number of halogens is 6. The lowest BCUT2D eigenvalue weighted by Crippen LogP contribution is -2.11. The SMILES string of the molecule is C/C=C(/O)c1cc(C(F)(F)F)cc(C(F)(F)F)c1. The predicted octanol–water partition coefficient (Wildman–Crippen LogP) is 4.64. The summed E-state index contributed by atoms with van der Waals surface area (Å²) < 4.78 is 74.6. The van der Waals surface area contributed by atoms with Gasteiger partial charge in [0.15, 0.2) is 0 Å². The Bertz CT molecular complexity index is 437. The zero-order valence-corrected chi connectivity index (χ0v) is 9.02. The highest BCUT2D eigenvalue weighted by molar-refractivity contribution is 5.60. The molecular formula is C11H8F6O. The molecule has 0 aliphatic heterocycles. The minimum absolute atomic E-state index is 0.00639. The Morgan fingerprint density at radius 2 is 1.33 bits per heavy atom. The highest BCUT2D eigenvalue weighted by Gasteiger charge is 2.37. The van der Waals surface area contributed by atoms with Crippen molar-refractivity contribution in [2.24, 2.45) is 0 Å². The van der Waals surface area contributed by atoms with E-state index in [-0.39, 0.29) is 6.07 Å². The molecule has 1 aromatic rings. The van der Waals surface area contributed by atoms with Gasteiger partial charge in [0.25, 0.3) is 0 Å². The van der Waals surface area contributed by atoms with E-state index in [9.17, 15) is 31.4 Å². The molecule has 0 atom stereocenters. The molecule has 1 aromatic carbocycles. The maximum atomic E-state index is 12.4. The Morgan fingerprint density at radius 1 is 0.944 bits per heavy atom. The third kappa shape index (κ3) is 3.18. The monoisotopic (exact) mass is 270 g/mol. The van der Waals surface area contributed by atoms with E-state index in [1.54, 1.807) is 0 Å². The molecule has 1 rings (SSSR count). The molecule has 18 heavy (non-hydrogen) atoms. The van der Waals surface area contributed by atoms with Crippen molar-refractivity contribution in [3.63, 3.8) is 0 Å². The number of rotatable bonds is 1. The van der Waals surface area contributed by atoms with Crippen molar-refractivity contribution in [1.82, 2.24) is 0 Å². The minimum atomic E-state index is -4.91. The Labute approximate surface area is 98.4 Å². The molecule has 0 unspecified atom stereocenters. The van der Waals surface area contributed by atoms with E-state index < -0.39 is 34.8 Å². The Kier molecular flexibility index (Phi) is 3.64. The fourth-order valence-electron chi connectivity index (χ4n) is 1.27. The lowest BCUT2D eigenvalue weighted by Gasteiger charge is -2.13. The van der Waals surface area contributed by atoms with E-state index in [1.807, 2.05) is 0 Å². The molecule has 1 N–H and O–H groups in total. The molecule has 0 aromatic heterocycles. The fraction of sp³-hybridized carbons (Fsp3) is 0.273. The van der Waals surface area contributed by atoms with Crippen molar-refractivity contribution in [3.05, 3.63) is 41.0 Å². The quantitative estimate of drug-likeness (QED) is 0.582. The molecular weight excluding hydrogens is 262 g/mol. The average Bonchev–Trinajstić information content (AvgIpc) is 2.25. The van der Waals surface area contributed by atoms with Gasteiger partial charge in [-0.2, -0.15) is 26.3 Å². The summed E-state index contributed by atoms with van der Waals surface area (Å²) in [5.41, 5.74) is -3.44. The molecule has 0 spiro atoms. The Balaban J connectivity index is 3.49. The Hall–Kier alpha value is -1.66. The van der Waals surface area contributed by atoms with E-state index in [0.29, 0.717) is 12.1 Å². The number of benzene rings is 1. The lowest BCUT2D eigenvalue weighted by molar-refractivity contribution is -0.143. The van der Waals surface area contributed by atoms with Crippen LogP contribution < -0.4 is 0 Å². The first kappa shape index (κ1) is 14.4. The number of alkyl halides is 6. The molecule has 0 fully saturated rings. The summed E-state index contributed by atoms with van der Waals surface area (Å²) in [6.45, 7) is 1.29. The molecule has 0 heterocycles. The minimum Gasteiger partial charge on any atom is -0.508 e. The average molecular weight is 270 g/mol. The molecule has 0 saturated heterocycles. The standard InChI is InChI=1S/C11H8F6O/c1-2-9(18)6-3-7(10(12,13)14)5-8(4-6)11(15,16)17/h2-5,18H,1H3/b9-2+. The zero-order valence-electron chi connectivity index (χ0n) is 9.02. The van der Waals surface area contributed by atoms with E-state index in [1.165, 1.54) is 6.92 Å². The van der Waals surface area contributed by atoms with Gasteiger partial charge < -0.3 is 5.11 Å². The van der Waals surface area contributed by atoms with Crippen LogP contribution >= 0.6 is 0 Å². The second-order valence-corrected chi connectivity index (χ2v) is 3.47. The van der Waals surface area contributed by atoms with Crippen LogP contribution in [0.1, 0.15) is 23.6 Å². The van der Waals surface area contributed by atoms with Crippen LogP contribution in [0.15, 0.2) is 24.3 Å². The molecule has 7 heteroatoms. The van der Waals surface area contributed by atoms with Gasteiger partial charge in [-0.15, -0.1) is 0 Å². The summed E-state index contributed by atoms with van der Waals surface area (Å²) in [6, 6.07) is 0.932. The number of aliphatic hydroxyl groups excluding tert-OH is 1. The largest absolute Gasteiger partial charge is 0.508 e. The predicted molar refractivity (Wildman–Crippen MR) is 52.7 cm³/mol.